The number of nitrogens with one attached hydrogen (secondary N) is 1. The minimum Gasteiger partial charge on any atom is -0.353 e. The van der Waals surface area contributed by atoms with Crippen LogP contribution in [0.2, 0.25) is 0 Å². The number of nitrogens with zero attached hydrogens (tertiary/aromatic N) is 1. The number of para-hydroxylation sites is 1. The molecule has 0 aliphatic rings. The fourth-order valence-corrected chi connectivity index (χ4v) is 3.43. The van der Waals surface area contributed by atoms with Crippen molar-refractivity contribution < 1.29 is 4.79 Å². The molecule has 3 nitrogen and oxygen atoms in total. The molecule has 0 unspecified atom stereocenters. The first-order valence-electron chi connectivity index (χ1n) is 5.86. The Kier molecular flexibility index (Phi) is 4.60. The molecule has 1 aromatic carbocycles. The quantitative estimate of drug-likeness (QED) is 0.915. The Bertz CT molecular complexity index is 504. The molecular formula is C13H16N2OS2. The van der Waals surface area contributed by atoms with Crippen LogP contribution in [0.5, 0.6) is 0 Å². The van der Waals surface area contributed by atoms with Crippen LogP contribution >= 0.6 is 23.1 Å². The first-order valence-corrected chi connectivity index (χ1v) is 7.84. The molecule has 18 heavy (non-hydrogen) atoms. The second-order valence-electron chi connectivity index (χ2n) is 4.29. The SMILES string of the molecule is CC(C)NC(=O)CSCc1nc2ccccc2s1. The number of rotatable bonds is 5. The molecule has 96 valence electrons. The predicted molar refractivity (Wildman–Crippen MR) is 79.1 cm³/mol. The van der Waals surface area contributed by atoms with E-state index in [1.54, 1.807) is 23.1 Å². The second-order valence-corrected chi connectivity index (χ2v) is 6.39. The highest BCUT2D eigenvalue weighted by Gasteiger charge is 2.06. The molecule has 2 rings (SSSR count). The molecule has 0 spiro atoms. The van der Waals surface area contributed by atoms with Crippen LogP contribution in [0.4, 0.5) is 0 Å². The summed E-state index contributed by atoms with van der Waals surface area (Å²) in [7, 11) is 0. The lowest BCUT2D eigenvalue weighted by Gasteiger charge is -2.06. The summed E-state index contributed by atoms with van der Waals surface area (Å²) in [6.07, 6.45) is 0. The maximum Gasteiger partial charge on any atom is 0.230 e. The molecule has 5 heteroatoms. The van der Waals surface area contributed by atoms with Gasteiger partial charge in [-0.25, -0.2) is 4.98 Å². The normalized spacial score (nSPS) is 11.1. The Morgan fingerprint density at radius 1 is 1.44 bits per heavy atom. The van der Waals surface area contributed by atoms with Gasteiger partial charge in [0, 0.05) is 11.8 Å². The van der Waals surface area contributed by atoms with Gasteiger partial charge < -0.3 is 5.32 Å². The number of aromatic nitrogens is 1. The van der Waals surface area contributed by atoms with E-state index in [4.69, 9.17) is 0 Å². The van der Waals surface area contributed by atoms with Crippen LogP contribution in [0, 0.1) is 0 Å². The van der Waals surface area contributed by atoms with Gasteiger partial charge in [0.15, 0.2) is 0 Å². The van der Waals surface area contributed by atoms with Crippen LogP contribution < -0.4 is 5.32 Å². The standard InChI is InChI=1S/C13H16N2OS2/c1-9(2)14-12(16)7-17-8-13-15-10-5-3-4-6-11(10)18-13/h3-6,9H,7-8H2,1-2H3,(H,14,16). The maximum atomic E-state index is 11.5. The van der Waals surface area contributed by atoms with Gasteiger partial charge in [0.1, 0.15) is 5.01 Å². The molecule has 1 N–H and O–H groups in total. The van der Waals surface area contributed by atoms with E-state index in [9.17, 15) is 4.79 Å². The monoisotopic (exact) mass is 280 g/mol. The second kappa shape index (κ2) is 6.20. The van der Waals surface area contributed by atoms with Crippen molar-refractivity contribution in [2.75, 3.05) is 5.75 Å². The lowest BCUT2D eigenvalue weighted by Crippen LogP contribution is -2.31. The van der Waals surface area contributed by atoms with Gasteiger partial charge in [0.25, 0.3) is 0 Å². The van der Waals surface area contributed by atoms with Crippen molar-refractivity contribution in [3.63, 3.8) is 0 Å². The summed E-state index contributed by atoms with van der Waals surface area (Å²) in [5, 5.41) is 3.96. The van der Waals surface area contributed by atoms with E-state index in [-0.39, 0.29) is 11.9 Å². The number of benzene rings is 1. The van der Waals surface area contributed by atoms with Gasteiger partial charge in [0.2, 0.25) is 5.91 Å². The molecule has 0 saturated heterocycles. The van der Waals surface area contributed by atoms with Gasteiger partial charge in [-0.3, -0.25) is 4.79 Å². The summed E-state index contributed by atoms with van der Waals surface area (Å²) in [5.41, 5.74) is 1.05. The summed E-state index contributed by atoms with van der Waals surface area (Å²) in [6.45, 7) is 3.94. The summed E-state index contributed by atoms with van der Waals surface area (Å²) in [6, 6.07) is 8.32. The molecule has 0 aliphatic carbocycles. The van der Waals surface area contributed by atoms with Crippen LogP contribution in [0.15, 0.2) is 24.3 Å². The number of amides is 1. The lowest BCUT2D eigenvalue weighted by molar-refractivity contribution is -0.119. The van der Waals surface area contributed by atoms with Gasteiger partial charge in [-0.05, 0) is 26.0 Å². The van der Waals surface area contributed by atoms with Crippen molar-refractivity contribution in [1.29, 1.82) is 0 Å². The third-order valence-corrected chi connectivity index (χ3v) is 4.41. The molecular weight excluding hydrogens is 264 g/mol. The van der Waals surface area contributed by atoms with Crippen LogP contribution in [-0.2, 0) is 10.5 Å². The van der Waals surface area contributed by atoms with Crippen molar-refractivity contribution in [3.8, 4) is 0 Å². The molecule has 1 aromatic heterocycles. The molecule has 0 bridgehead atoms. The smallest absolute Gasteiger partial charge is 0.230 e. The number of fused-ring (bicyclic) bond motifs is 1. The zero-order chi connectivity index (χ0) is 13.0. The van der Waals surface area contributed by atoms with Crippen LogP contribution in [0.3, 0.4) is 0 Å². The average Bonchev–Trinajstić information content (AvgIpc) is 2.70. The third-order valence-electron chi connectivity index (χ3n) is 2.25. The Balaban J connectivity index is 1.85. The van der Waals surface area contributed by atoms with Crippen LogP contribution in [0.25, 0.3) is 10.2 Å². The van der Waals surface area contributed by atoms with Crippen molar-refractivity contribution in [2.24, 2.45) is 0 Å². The summed E-state index contributed by atoms with van der Waals surface area (Å²) in [5.74, 6) is 1.38. The largest absolute Gasteiger partial charge is 0.353 e. The lowest BCUT2D eigenvalue weighted by atomic mass is 10.3. The van der Waals surface area contributed by atoms with Gasteiger partial charge >= 0.3 is 0 Å². The number of thioether (sulfide) groups is 1. The van der Waals surface area contributed by atoms with E-state index in [0.29, 0.717) is 5.75 Å². The Morgan fingerprint density at radius 2 is 2.22 bits per heavy atom. The predicted octanol–water partition coefficient (Wildman–Crippen LogP) is 3.05. The van der Waals surface area contributed by atoms with E-state index >= 15 is 0 Å². The Labute approximate surface area is 115 Å². The maximum absolute atomic E-state index is 11.5. The number of hydrogen-bond acceptors (Lipinski definition) is 4. The minimum absolute atomic E-state index is 0.0936. The summed E-state index contributed by atoms with van der Waals surface area (Å²) in [4.78, 5) is 16.0. The van der Waals surface area contributed by atoms with Crippen molar-refractivity contribution in [1.82, 2.24) is 10.3 Å². The first-order chi connectivity index (χ1) is 8.65. The number of carbonyl (C=O) groups excluding carboxylic acids is 1. The molecule has 0 fully saturated rings. The fraction of sp³-hybridized carbons (Fsp3) is 0.385. The fourth-order valence-electron chi connectivity index (χ4n) is 1.58. The Hall–Kier alpha value is -1.07. The van der Waals surface area contributed by atoms with Crippen LogP contribution in [-0.4, -0.2) is 22.7 Å². The highest BCUT2D eigenvalue weighted by atomic mass is 32.2. The van der Waals surface area contributed by atoms with Gasteiger partial charge in [-0.15, -0.1) is 23.1 Å². The van der Waals surface area contributed by atoms with E-state index < -0.39 is 0 Å². The zero-order valence-electron chi connectivity index (χ0n) is 10.5. The molecule has 0 radical (unpaired) electrons. The van der Waals surface area contributed by atoms with E-state index in [0.717, 1.165) is 16.3 Å². The molecule has 0 atom stereocenters. The van der Waals surface area contributed by atoms with E-state index in [1.165, 1.54) is 4.70 Å². The minimum atomic E-state index is 0.0936. The van der Waals surface area contributed by atoms with Gasteiger partial charge in [-0.1, -0.05) is 12.1 Å². The summed E-state index contributed by atoms with van der Waals surface area (Å²) < 4.78 is 1.21. The highest BCUT2D eigenvalue weighted by molar-refractivity contribution is 7.99. The van der Waals surface area contributed by atoms with Crippen molar-refractivity contribution in [3.05, 3.63) is 29.3 Å². The third kappa shape index (κ3) is 3.71. The molecule has 1 heterocycles. The molecule has 0 aliphatic heterocycles. The van der Waals surface area contributed by atoms with Crippen LogP contribution in [0.1, 0.15) is 18.9 Å². The summed E-state index contributed by atoms with van der Waals surface area (Å²) >= 11 is 3.31. The molecule has 1 amide bonds. The number of hydrogen-bond donors (Lipinski definition) is 1. The van der Waals surface area contributed by atoms with Crippen molar-refractivity contribution >= 4 is 39.2 Å². The average molecular weight is 280 g/mol. The zero-order valence-corrected chi connectivity index (χ0v) is 12.1. The number of carbonyl (C=O) groups is 1. The van der Waals surface area contributed by atoms with Crippen molar-refractivity contribution in [2.45, 2.75) is 25.6 Å². The van der Waals surface area contributed by atoms with Gasteiger partial charge in [-0.2, -0.15) is 0 Å². The van der Waals surface area contributed by atoms with E-state index in [2.05, 4.69) is 16.4 Å². The number of thiazole rings is 1. The Morgan fingerprint density at radius 3 is 2.94 bits per heavy atom. The topological polar surface area (TPSA) is 42.0 Å². The van der Waals surface area contributed by atoms with Gasteiger partial charge in [0.05, 0.1) is 16.0 Å². The molecule has 2 aromatic rings. The first kappa shape index (κ1) is 13.4. The highest BCUT2D eigenvalue weighted by Crippen LogP contribution is 2.24. The van der Waals surface area contributed by atoms with E-state index in [1.807, 2.05) is 32.0 Å². The molecule has 0 saturated carbocycles.